The minimum Gasteiger partial charge on any atom is -0.357 e. The van der Waals surface area contributed by atoms with E-state index in [0.29, 0.717) is 21.3 Å². The molecule has 2 heterocycles. The first-order valence-corrected chi connectivity index (χ1v) is 11.0. The number of pyridine rings is 1. The minimum atomic E-state index is -3.42. The van der Waals surface area contributed by atoms with E-state index in [4.69, 9.17) is 0 Å². The highest BCUT2D eigenvalue weighted by molar-refractivity contribution is 9.10. The second kappa shape index (κ2) is 7.75. The lowest BCUT2D eigenvalue weighted by Crippen LogP contribution is -2.30. The predicted molar refractivity (Wildman–Crippen MR) is 106 cm³/mol. The van der Waals surface area contributed by atoms with Crippen LogP contribution in [0.15, 0.2) is 41.0 Å². The van der Waals surface area contributed by atoms with Crippen LogP contribution in [-0.2, 0) is 10.0 Å². The van der Waals surface area contributed by atoms with Gasteiger partial charge in [-0.05, 0) is 49.6 Å². The number of anilines is 2. The quantitative estimate of drug-likeness (QED) is 0.724. The third-order valence-corrected chi connectivity index (χ3v) is 5.22. The molecule has 1 saturated heterocycles. The number of ketones is 1. The number of benzene rings is 1. The smallest absolute Gasteiger partial charge is 0.229 e. The molecule has 1 aliphatic heterocycles. The summed E-state index contributed by atoms with van der Waals surface area (Å²) in [6.07, 6.45) is 6.20. The van der Waals surface area contributed by atoms with Gasteiger partial charge in [-0.3, -0.25) is 9.52 Å². The summed E-state index contributed by atoms with van der Waals surface area (Å²) in [6.45, 7) is 1.90. The number of hydrogen-bond acceptors (Lipinski definition) is 5. The van der Waals surface area contributed by atoms with Gasteiger partial charge < -0.3 is 4.90 Å². The Bertz CT molecular complexity index is 925. The molecule has 0 spiro atoms. The van der Waals surface area contributed by atoms with E-state index < -0.39 is 10.0 Å². The number of nitrogens with one attached hydrogen (secondary N) is 1. The number of carbonyl (C=O) groups is 1. The Morgan fingerprint density at radius 1 is 1.12 bits per heavy atom. The van der Waals surface area contributed by atoms with Crippen molar-refractivity contribution < 1.29 is 13.2 Å². The van der Waals surface area contributed by atoms with Crippen LogP contribution in [0.1, 0.15) is 35.2 Å². The number of halogens is 1. The number of hydrogen-bond donors (Lipinski definition) is 1. The number of rotatable bonds is 5. The fraction of sp³-hybridized carbons (Fsp3) is 0.333. The van der Waals surface area contributed by atoms with Gasteiger partial charge in [0.15, 0.2) is 5.78 Å². The lowest BCUT2D eigenvalue weighted by Gasteiger charge is -2.27. The standard InChI is InChI=1S/C18H20BrN3O3S/c1-26(24,25)21-16-10-14(9-15(19)12-16)18(23)13-5-6-20-17(11-13)22-7-3-2-4-8-22/h5-6,9-12,21H,2-4,7-8H2,1H3. The van der Waals surface area contributed by atoms with E-state index in [-0.39, 0.29) is 5.78 Å². The molecule has 138 valence electrons. The van der Waals surface area contributed by atoms with Crippen molar-refractivity contribution in [3.05, 3.63) is 52.1 Å². The molecule has 1 N–H and O–H groups in total. The van der Waals surface area contributed by atoms with Gasteiger partial charge in [0.1, 0.15) is 5.82 Å². The topological polar surface area (TPSA) is 79.4 Å². The average molecular weight is 438 g/mol. The monoisotopic (exact) mass is 437 g/mol. The van der Waals surface area contributed by atoms with Crippen LogP contribution in [0.4, 0.5) is 11.5 Å². The largest absolute Gasteiger partial charge is 0.357 e. The van der Waals surface area contributed by atoms with Gasteiger partial charge in [-0.1, -0.05) is 15.9 Å². The Kier molecular flexibility index (Phi) is 5.62. The SMILES string of the molecule is CS(=O)(=O)Nc1cc(Br)cc(C(=O)c2ccnc(N3CCCCC3)c2)c1. The van der Waals surface area contributed by atoms with Crippen LogP contribution in [0, 0.1) is 0 Å². The lowest BCUT2D eigenvalue weighted by atomic mass is 10.0. The molecule has 3 rings (SSSR count). The van der Waals surface area contributed by atoms with Crippen LogP contribution in [0.5, 0.6) is 0 Å². The maximum absolute atomic E-state index is 12.9. The fourth-order valence-electron chi connectivity index (χ4n) is 3.02. The Morgan fingerprint density at radius 2 is 1.85 bits per heavy atom. The van der Waals surface area contributed by atoms with Gasteiger partial charge in [0.2, 0.25) is 10.0 Å². The molecule has 8 heteroatoms. The van der Waals surface area contributed by atoms with Crippen molar-refractivity contribution >= 4 is 43.2 Å². The molecule has 0 saturated carbocycles. The molecule has 0 bridgehead atoms. The van der Waals surface area contributed by atoms with Crippen molar-refractivity contribution in [3.63, 3.8) is 0 Å². The van der Waals surface area contributed by atoms with Crippen molar-refractivity contribution in [2.75, 3.05) is 29.0 Å². The van der Waals surface area contributed by atoms with Gasteiger partial charge in [0.05, 0.1) is 11.9 Å². The normalized spacial score (nSPS) is 14.9. The van der Waals surface area contributed by atoms with Crippen molar-refractivity contribution in [1.82, 2.24) is 4.98 Å². The zero-order chi connectivity index (χ0) is 18.7. The van der Waals surface area contributed by atoms with Crippen LogP contribution in [0.25, 0.3) is 0 Å². The van der Waals surface area contributed by atoms with Crippen molar-refractivity contribution in [2.45, 2.75) is 19.3 Å². The molecule has 0 amide bonds. The van der Waals surface area contributed by atoms with Gasteiger partial charge >= 0.3 is 0 Å². The first-order valence-electron chi connectivity index (χ1n) is 8.36. The first-order chi connectivity index (χ1) is 12.3. The maximum atomic E-state index is 12.9. The fourth-order valence-corrected chi connectivity index (χ4v) is 4.06. The summed E-state index contributed by atoms with van der Waals surface area (Å²) in [4.78, 5) is 19.5. The predicted octanol–water partition coefficient (Wildman–Crippen LogP) is 3.44. The number of nitrogens with zero attached hydrogens (tertiary/aromatic N) is 2. The maximum Gasteiger partial charge on any atom is 0.229 e. The lowest BCUT2D eigenvalue weighted by molar-refractivity contribution is 0.103. The number of aromatic nitrogens is 1. The second-order valence-electron chi connectivity index (χ2n) is 6.38. The number of piperidine rings is 1. The molecule has 26 heavy (non-hydrogen) atoms. The van der Waals surface area contributed by atoms with E-state index in [1.54, 1.807) is 30.5 Å². The summed E-state index contributed by atoms with van der Waals surface area (Å²) < 4.78 is 25.9. The van der Waals surface area contributed by atoms with E-state index in [9.17, 15) is 13.2 Å². The molecule has 1 aromatic heterocycles. The van der Waals surface area contributed by atoms with Crippen molar-refractivity contribution in [2.24, 2.45) is 0 Å². The van der Waals surface area contributed by atoms with E-state index in [2.05, 4.69) is 30.5 Å². The van der Waals surface area contributed by atoms with Crippen LogP contribution >= 0.6 is 15.9 Å². The minimum absolute atomic E-state index is 0.177. The third-order valence-electron chi connectivity index (χ3n) is 4.15. The molecule has 1 fully saturated rings. The van der Waals surface area contributed by atoms with Gasteiger partial charge in [0, 0.05) is 34.9 Å². The summed E-state index contributed by atoms with van der Waals surface area (Å²) in [5, 5.41) is 0. The number of sulfonamides is 1. The zero-order valence-electron chi connectivity index (χ0n) is 14.4. The highest BCUT2D eigenvalue weighted by Gasteiger charge is 2.16. The Balaban J connectivity index is 1.89. The molecular weight excluding hydrogens is 418 g/mol. The van der Waals surface area contributed by atoms with Crippen LogP contribution in [0.2, 0.25) is 0 Å². The third kappa shape index (κ3) is 4.82. The molecule has 0 aliphatic carbocycles. The first kappa shape index (κ1) is 18.8. The summed E-state index contributed by atoms with van der Waals surface area (Å²) >= 11 is 3.33. The van der Waals surface area contributed by atoms with Crippen LogP contribution < -0.4 is 9.62 Å². The molecule has 6 nitrogen and oxygen atoms in total. The summed E-state index contributed by atoms with van der Waals surface area (Å²) in [6, 6.07) is 8.31. The Hall–Kier alpha value is -1.93. The molecule has 0 atom stereocenters. The van der Waals surface area contributed by atoms with E-state index in [1.807, 2.05) is 0 Å². The second-order valence-corrected chi connectivity index (χ2v) is 9.05. The Morgan fingerprint density at radius 3 is 2.54 bits per heavy atom. The van der Waals surface area contributed by atoms with E-state index in [1.165, 1.54) is 12.5 Å². The molecule has 0 unspecified atom stereocenters. The molecular formula is C18H20BrN3O3S. The van der Waals surface area contributed by atoms with Crippen LogP contribution in [-0.4, -0.2) is 38.5 Å². The highest BCUT2D eigenvalue weighted by Crippen LogP contribution is 2.24. The summed E-state index contributed by atoms with van der Waals surface area (Å²) in [7, 11) is -3.42. The average Bonchev–Trinajstić information content (AvgIpc) is 2.60. The van der Waals surface area contributed by atoms with Gasteiger partial charge in [-0.25, -0.2) is 13.4 Å². The van der Waals surface area contributed by atoms with Gasteiger partial charge in [-0.2, -0.15) is 0 Å². The molecule has 1 aromatic carbocycles. The number of carbonyl (C=O) groups excluding carboxylic acids is 1. The van der Waals surface area contributed by atoms with Crippen molar-refractivity contribution in [3.8, 4) is 0 Å². The van der Waals surface area contributed by atoms with E-state index in [0.717, 1.165) is 38.0 Å². The summed E-state index contributed by atoms with van der Waals surface area (Å²) in [5.74, 6) is 0.628. The van der Waals surface area contributed by atoms with Gasteiger partial charge in [0.25, 0.3) is 0 Å². The molecule has 2 aromatic rings. The highest BCUT2D eigenvalue weighted by atomic mass is 79.9. The van der Waals surface area contributed by atoms with Crippen LogP contribution in [0.3, 0.4) is 0 Å². The van der Waals surface area contributed by atoms with Gasteiger partial charge in [-0.15, -0.1) is 0 Å². The molecule has 0 radical (unpaired) electrons. The summed E-state index contributed by atoms with van der Waals surface area (Å²) in [5.41, 5.74) is 1.28. The Labute approximate surface area is 161 Å². The molecule has 1 aliphatic rings. The zero-order valence-corrected chi connectivity index (χ0v) is 16.8. The van der Waals surface area contributed by atoms with E-state index >= 15 is 0 Å². The van der Waals surface area contributed by atoms with Crippen molar-refractivity contribution in [1.29, 1.82) is 0 Å².